The molecule has 0 bridgehead atoms. The van der Waals surface area contributed by atoms with Crippen molar-refractivity contribution in [3.63, 3.8) is 0 Å². The summed E-state index contributed by atoms with van der Waals surface area (Å²) in [6.07, 6.45) is 0.144. The van der Waals surface area contributed by atoms with E-state index in [-0.39, 0.29) is 19.1 Å². The van der Waals surface area contributed by atoms with E-state index in [0.29, 0.717) is 6.42 Å². The fourth-order valence-corrected chi connectivity index (χ4v) is 1.46. The van der Waals surface area contributed by atoms with Crippen molar-refractivity contribution in [3.8, 4) is 0 Å². The van der Waals surface area contributed by atoms with Gasteiger partial charge < -0.3 is 24.1 Å². The zero-order chi connectivity index (χ0) is 14.9. The van der Waals surface area contributed by atoms with Gasteiger partial charge in [-0.3, -0.25) is 9.59 Å². The molecule has 0 aliphatic carbocycles. The molecule has 0 saturated heterocycles. The Bertz CT molecular complexity index is 282. The number of carbonyl (C=O) groups is 2. The van der Waals surface area contributed by atoms with Crippen LogP contribution in [-0.4, -0.2) is 56.9 Å². The van der Waals surface area contributed by atoms with Crippen molar-refractivity contribution in [3.05, 3.63) is 0 Å². The molecule has 1 unspecified atom stereocenters. The lowest BCUT2D eigenvalue weighted by atomic mass is 10.2. The summed E-state index contributed by atoms with van der Waals surface area (Å²) in [5.74, 6) is -3.06. The van der Waals surface area contributed by atoms with Crippen LogP contribution in [0.4, 0.5) is 0 Å². The van der Waals surface area contributed by atoms with Crippen LogP contribution in [0.25, 0.3) is 0 Å². The van der Waals surface area contributed by atoms with Gasteiger partial charge in [0.25, 0.3) is 0 Å². The van der Waals surface area contributed by atoms with Crippen LogP contribution in [0.5, 0.6) is 0 Å². The predicted octanol–water partition coefficient (Wildman–Crippen LogP) is 0.808. The molecule has 0 amide bonds. The Balaban J connectivity index is 4.39. The summed E-state index contributed by atoms with van der Waals surface area (Å²) >= 11 is 0. The molecule has 0 aliphatic heterocycles. The van der Waals surface area contributed by atoms with Crippen molar-refractivity contribution in [2.24, 2.45) is 0 Å². The lowest BCUT2D eigenvalue weighted by Crippen LogP contribution is -2.42. The summed E-state index contributed by atoms with van der Waals surface area (Å²) in [7, 11) is 4.11. The smallest absolute Gasteiger partial charge is 0.308 e. The Morgan fingerprint density at radius 1 is 1.21 bits per heavy atom. The van der Waals surface area contributed by atoms with Crippen molar-refractivity contribution in [1.29, 1.82) is 0 Å². The highest BCUT2D eigenvalue weighted by atomic mass is 16.7. The molecule has 0 aromatic carbocycles. The summed E-state index contributed by atoms with van der Waals surface area (Å²) in [5, 5.41) is 8.78. The Kier molecular flexibility index (Phi) is 8.29. The molecular weight excluding hydrogens is 256 g/mol. The number of ether oxygens (including phenoxy) is 4. The average molecular weight is 278 g/mol. The third kappa shape index (κ3) is 6.51. The number of carboxylic acid groups (broad SMARTS) is 1. The molecule has 0 aromatic rings. The SMILES string of the molecule is CCC(CC(=O)OCC(CC(=O)O)(OC)OC)OC. The van der Waals surface area contributed by atoms with Gasteiger partial charge in [-0.05, 0) is 6.42 Å². The summed E-state index contributed by atoms with van der Waals surface area (Å²) < 4.78 is 20.0. The van der Waals surface area contributed by atoms with Gasteiger partial charge in [-0.2, -0.15) is 0 Å². The van der Waals surface area contributed by atoms with Gasteiger partial charge in [0.05, 0.1) is 12.5 Å². The zero-order valence-corrected chi connectivity index (χ0v) is 11.8. The standard InChI is InChI=1S/C12H22O7/c1-5-9(16-2)6-11(15)19-8-12(17-3,18-4)7-10(13)14/h9H,5-8H2,1-4H3,(H,13,14). The number of methoxy groups -OCH3 is 3. The first-order valence-electron chi connectivity index (χ1n) is 5.93. The average Bonchev–Trinajstić information content (AvgIpc) is 2.40. The molecule has 7 heteroatoms. The molecule has 0 aromatic heterocycles. The van der Waals surface area contributed by atoms with Gasteiger partial charge in [0.15, 0.2) is 0 Å². The highest BCUT2D eigenvalue weighted by molar-refractivity contribution is 5.70. The van der Waals surface area contributed by atoms with Crippen molar-refractivity contribution in [2.75, 3.05) is 27.9 Å². The lowest BCUT2D eigenvalue weighted by Gasteiger charge is -2.28. The summed E-state index contributed by atoms with van der Waals surface area (Å²) in [6, 6.07) is 0. The minimum absolute atomic E-state index is 0.101. The van der Waals surface area contributed by atoms with Crippen LogP contribution in [0.15, 0.2) is 0 Å². The quantitative estimate of drug-likeness (QED) is 0.467. The molecule has 1 atom stereocenters. The Morgan fingerprint density at radius 3 is 2.16 bits per heavy atom. The summed E-state index contributed by atoms with van der Waals surface area (Å²) in [4.78, 5) is 22.3. The van der Waals surface area contributed by atoms with Gasteiger partial charge in [0.1, 0.15) is 13.0 Å². The fraction of sp³-hybridized carbons (Fsp3) is 0.833. The van der Waals surface area contributed by atoms with Crippen LogP contribution >= 0.6 is 0 Å². The lowest BCUT2D eigenvalue weighted by molar-refractivity contribution is -0.239. The number of rotatable bonds is 10. The third-order valence-electron chi connectivity index (χ3n) is 2.80. The molecule has 0 aliphatic rings. The van der Waals surface area contributed by atoms with E-state index < -0.39 is 24.1 Å². The second-order valence-electron chi connectivity index (χ2n) is 4.02. The molecule has 0 rings (SSSR count). The van der Waals surface area contributed by atoms with E-state index in [9.17, 15) is 9.59 Å². The Labute approximate surface area is 112 Å². The van der Waals surface area contributed by atoms with Gasteiger partial charge in [0, 0.05) is 21.3 Å². The van der Waals surface area contributed by atoms with Gasteiger partial charge in [0.2, 0.25) is 5.79 Å². The first-order chi connectivity index (χ1) is 8.92. The van der Waals surface area contributed by atoms with E-state index in [1.165, 1.54) is 21.3 Å². The normalized spacial score (nSPS) is 13.1. The minimum atomic E-state index is -1.46. The number of hydrogen-bond acceptors (Lipinski definition) is 6. The van der Waals surface area contributed by atoms with Gasteiger partial charge >= 0.3 is 11.9 Å². The number of carbonyl (C=O) groups excluding carboxylic acids is 1. The van der Waals surface area contributed by atoms with E-state index >= 15 is 0 Å². The van der Waals surface area contributed by atoms with Gasteiger partial charge in [-0.15, -0.1) is 0 Å². The van der Waals surface area contributed by atoms with E-state index in [0.717, 1.165) is 0 Å². The largest absolute Gasteiger partial charge is 0.481 e. The first-order valence-corrected chi connectivity index (χ1v) is 5.93. The highest BCUT2D eigenvalue weighted by Gasteiger charge is 2.35. The fourth-order valence-electron chi connectivity index (χ4n) is 1.46. The molecule has 0 spiro atoms. The maximum atomic E-state index is 11.6. The molecular formula is C12H22O7. The zero-order valence-electron chi connectivity index (χ0n) is 11.8. The minimum Gasteiger partial charge on any atom is -0.481 e. The van der Waals surface area contributed by atoms with Crippen LogP contribution in [0, 0.1) is 0 Å². The maximum Gasteiger partial charge on any atom is 0.308 e. The monoisotopic (exact) mass is 278 g/mol. The Hall–Kier alpha value is -1.18. The molecule has 0 saturated carbocycles. The highest BCUT2D eigenvalue weighted by Crippen LogP contribution is 2.17. The number of esters is 1. The number of hydrogen-bond donors (Lipinski definition) is 1. The maximum absolute atomic E-state index is 11.6. The van der Waals surface area contributed by atoms with Gasteiger partial charge in [-0.25, -0.2) is 0 Å². The van der Waals surface area contributed by atoms with Crippen molar-refractivity contribution in [2.45, 2.75) is 38.1 Å². The van der Waals surface area contributed by atoms with Crippen LogP contribution < -0.4 is 0 Å². The number of carboxylic acids is 1. The predicted molar refractivity (Wildman–Crippen MR) is 65.7 cm³/mol. The van der Waals surface area contributed by atoms with E-state index in [1.54, 1.807) is 0 Å². The Morgan fingerprint density at radius 2 is 1.79 bits per heavy atom. The third-order valence-corrected chi connectivity index (χ3v) is 2.80. The summed E-state index contributed by atoms with van der Waals surface area (Å²) in [5.41, 5.74) is 0. The molecule has 0 radical (unpaired) electrons. The molecule has 19 heavy (non-hydrogen) atoms. The second-order valence-corrected chi connectivity index (χ2v) is 4.02. The van der Waals surface area contributed by atoms with Crippen LogP contribution in [0.1, 0.15) is 26.2 Å². The topological polar surface area (TPSA) is 91.3 Å². The number of aliphatic carboxylic acids is 1. The van der Waals surface area contributed by atoms with Crippen molar-refractivity contribution in [1.82, 2.24) is 0 Å². The molecule has 1 N–H and O–H groups in total. The molecule has 0 fully saturated rings. The second kappa shape index (κ2) is 8.84. The van der Waals surface area contributed by atoms with Crippen molar-refractivity contribution >= 4 is 11.9 Å². The van der Waals surface area contributed by atoms with Crippen LogP contribution in [-0.2, 0) is 28.5 Å². The van der Waals surface area contributed by atoms with E-state index in [1.807, 2.05) is 6.92 Å². The van der Waals surface area contributed by atoms with Crippen molar-refractivity contribution < 1.29 is 33.6 Å². The van der Waals surface area contributed by atoms with Crippen LogP contribution in [0.2, 0.25) is 0 Å². The molecule has 7 nitrogen and oxygen atoms in total. The molecule has 112 valence electrons. The van der Waals surface area contributed by atoms with Crippen LogP contribution in [0.3, 0.4) is 0 Å². The molecule has 0 heterocycles. The van der Waals surface area contributed by atoms with Gasteiger partial charge in [-0.1, -0.05) is 6.92 Å². The summed E-state index contributed by atoms with van der Waals surface area (Å²) in [6.45, 7) is 1.60. The van der Waals surface area contributed by atoms with E-state index in [4.69, 9.17) is 24.1 Å². The van der Waals surface area contributed by atoms with E-state index in [2.05, 4.69) is 0 Å². The first kappa shape index (κ1) is 17.8.